The summed E-state index contributed by atoms with van der Waals surface area (Å²) in [6.45, 7) is 2.98. The summed E-state index contributed by atoms with van der Waals surface area (Å²) in [6, 6.07) is 3.73. The van der Waals surface area contributed by atoms with Gasteiger partial charge in [0.15, 0.2) is 0 Å². The van der Waals surface area contributed by atoms with Crippen molar-refractivity contribution in [2.24, 2.45) is 0 Å². The van der Waals surface area contributed by atoms with Crippen LogP contribution in [0.5, 0.6) is 5.88 Å². The molecule has 0 amide bonds. The second-order valence-corrected chi connectivity index (χ2v) is 5.12. The second kappa shape index (κ2) is 6.31. The Kier molecular flexibility index (Phi) is 4.74. The monoisotopic (exact) mass is 302 g/mol. The Morgan fingerprint density at radius 1 is 1.53 bits per heavy atom. The van der Waals surface area contributed by atoms with E-state index < -0.39 is 6.17 Å². The summed E-state index contributed by atoms with van der Waals surface area (Å²) in [5.74, 6) is 0.637. The van der Waals surface area contributed by atoms with E-state index >= 15 is 0 Å². The molecule has 1 aromatic heterocycles. The summed E-state index contributed by atoms with van der Waals surface area (Å²) in [5, 5.41) is 0. The number of halogens is 2. The van der Waals surface area contributed by atoms with Gasteiger partial charge in [0.1, 0.15) is 6.17 Å². The van der Waals surface area contributed by atoms with Gasteiger partial charge in [-0.05, 0) is 34.8 Å². The first-order valence-corrected chi connectivity index (χ1v) is 6.64. The van der Waals surface area contributed by atoms with Crippen molar-refractivity contribution in [2.45, 2.75) is 19.0 Å². The van der Waals surface area contributed by atoms with Crippen LogP contribution in [0, 0.1) is 0 Å². The molecule has 2 heterocycles. The SMILES string of the molecule is F[C@H]1CCN(CCCOc2ccc(Br)cn2)C1. The van der Waals surface area contributed by atoms with Crippen molar-refractivity contribution >= 4 is 15.9 Å². The van der Waals surface area contributed by atoms with Crippen LogP contribution in [0.3, 0.4) is 0 Å². The molecule has 3 nitrogen and oxygen atoms in total. The van der Waals surface area contributed by atoms with Crippen molar-refractivity contribution in [3.8, 4) is 5.88 Å². The van der Waals surface area contributed by atoms with Crippen molar-refractivity contribution in [3.63, 3.8) is 0 Å². The molecule has 0 radical (unpaired) electrons. The maximum atomic E-state index is 12.9. The Hall–Kier alpha value is -0.680. The largest absolute Gasteiger partial charge is 0.478 e. The van der Waals surface area contributed by atoms with Gasteiger partial charge in [-0.15, -0.1) is 0 Å². The number of aromatic nitrogens is 1. The van der Waals surface area contributed by atoms with Crippen LogP contribution in [0.2, 0.25) is 0 Å². The zero-order valence-corrected chi connectivity index (χ0v) is 11.2. The minimum atomic E-state index is -0.635. The first-order chi connectivity index (χ1) is 8.24. The third-order valence-corrected chi connectivity index (χ3v) is 3.25. The number of alkyl halides is 1. The molecule has 1 fully saturated rings. The fourth-order valence-electron chi connectivity index (χ4n) is 1.90. The van der Waals surface area contributed by atoms with Gasteiger partial charge in [0, 0.05) is 36.4 Å². The van der Waals surface area contributed by atoms with Crippen LogP contribution in [0.4, 0.5) is 4.39 Å². The van der Waals surface area contributed by atoms with E-state index in [1.54, 1.807) is 6.20 Å². The maximum absolute atomic E-state index is 12.9. The lowest BCUT2D eigenvalue weighted by atomic mass is 10.3. The molecule has 94 valence electrons. The summed E-state index contributed by atoms with van der Waals surface area (Å²) in [4.78, 5) is 6.26. The van der Waals surface area contributed by atoms with E-state index in [0.717, 1.165) is 24.0 Å². The van der Waals surface area contributed by atoms with Gasteiger partial charge in [0.2, 0.25) is 5.88 Å². The van der Waals surface area contributed by atoms with E-state index in [4.69, 9.17) is 4.74 Å². The van der Waals surface area contributed by atoms with E-state index in [9.17, 15) is 4.39 Å². The van der Waals surface area contributed by atoms with Crippen LogP contribution >= 0.6 is 15.9 Å². The lowest BCUT2D eigenvalue weighted by Gasteiger charge is -2.14. The maximum Gasteiger partial charge on any atom is 0.213 e. The van der Waals surface area contributed by atoms with Crippen LogP contribution in [-0.2, 0) is 0 Å². The highest BCUT2D eigenvalue weighted by molar-refractivity contribution is 9.10. The molecule has 0 aromatic carbocycles. The minimum absolute atomic E-state index is 0.580. The highest BCUT2D eigenvalue weighted by Crippen LogP contribution is 2.14. The Morgan fingerprint density at radius 2 is 2.41 bits per heavy atom. The van der Waals surface area contributed by atoms with E-state index in [1.165, 1.54) is 0 Å². The normalized spacial score (nSPS) is 20.7. The van der Waals surface area contributed by atoms with Crippen LogP contribution < -0.4 is 4.74 Å². The molecule has 1 aromatic rings. The molecule has 1 aliphatic rings. The zero-order valence-electron chi connectivity index (χ0n) is 9.61. The number of rotatable bonds is 5. The summed E-state index contributed by atoms with van der Waals surface area (Å²) >= 11 is 3.32. The van der Waals surface area contributed by atoms with Crippen molar-refractivity contribution in [1.29, 1.82) is 0 Å². The minimum Gasteiger partial charge on any atom is -0.478 e. The van der Waals surface area contributed by atoms with Crippen molar-refractivity contribution in [2.75, 3.05) is 26.2 Å². The lowest BCUT2D eigenvalue weighted by Crippen LogP contribution is -2.23. The Balaban J connectivity index is 1.61. The molecule has 1 saturated heterocycles. The predicted octanol–water partition coefficient (Wildman–Crippen LogP) is 2.66. The van der Waals surface area contributed by atoms with Crippen molar-refractivity contribution in [3.05, 3.63) is 22.8 Å². The number of ether oxygens (including phenoxy) is 1. The fraction of sp³-hybridized carbons (Fsp3) is 0.583. The standard InChI is InChI=1S/C12H16BrFN2O/c13-10-2-3-12(15-8-10)17-7-1-5-16-6-4-11(14)9-16/h2-3,8,11H,1,4-7,9H2/t11-/m0/s1. The fourth-order valence-corrected chi connectivity index (χ4v) is 2.14. The van der Waals surface area contributed by atoms with E-state index in [0.29, 0.717) is 25.5 Å². The molecule has 17 heavy (non-hydrogen) atoms. The molecule has 0 saturated carbocycles. The molecule has 0 aliphatic carbocycles. The molecule has 0 N–H and O–H groups in total. The first-order valence-electron chi connectivity index (χ1n) is 5.85. The van der Waals surface area contributed by atoms with Gasteiger partial charge in [0.25, 0.3) is 0 Å². The van der Waals surface area contributed by atoms with E-state index in [1.807, 2.05) is 12.1 Å². The van der Waals surface area contributed by atoms with E-state index in [-0.39, 0.29) is 0 Å². The van der Waals surface area contributed by atoms with Crippen LogP contribution in [-0.4, -0.2) is 42.3 Å². The molecule has 1 aliphatic heterocycles. The van der Waals surface area contributed by atoms with Gasteiger partial charge in [-0.3, -0.25) is 0 Å². The zero-order chi connectivity index (χ0) is 12.1. The number of hydrogen-bond donors (Lipinski definition) is 0. The molecular weight excluding hydrogens is 287 g/mol. The molecule has 0 spiro atoms. The number of hydrogen-bond acceptors (Lipinski definition) is 3. The Morgan fingerprint density at radius 3 is 3.06 bits per heavy atom. The third kappa shape index (κ3) is 4.24. The Bertz CT molecular complexity index is 347. The number of nitrogens with zero attached hydrogens (tertiary/aromatic N) is 2. The first kappa shape index (κ1) is 12.8. The third-order valence-electron chi connectivity index (χ3n) is 2.78. The van der Waals surface area contributed by atoms with Gasteiger partial charge in [-0.2, -0.15) is 0 Å². The summed E-state index contributed by atoms with van der Waals surface area (Å²) in [6.07, 6.45) is 2.66. The number of pyridine rings is 1. The summed E-state index contributed by atoms with van der Waals surface area (Å²) in [5.41, 5.74) is 0. The second-order valence-electron chi connectivity index (χ2n) is 4.20. The van der Waals surface area contributed by atoms with Gasteiger partial charge in [0.05, 0.1) is 6.61 Å². The molecule has 0 bridgehead atoms. The van der Waals surface area contributed by atoms with Gasteiger partial charge < -0.3 is 9.64 Å². The number of likely N-dealkylation sites (tertiary alicyclic amines) is 1. The summed E-state index contributed by atoms with van der Waals surface area (Å²) in [7, 11) is 0. The Labute approximate surface area is 109 Å². The molecule has 1 atom stereocenters. The summed E-state index contributed by atoms with van der Waals surface area (Å²) < 4.78 is 19.3. The highest BCUT2D eigenvalue weighted by atomic mass is 79.9. The molecule has 5 heteroatoms. The molecule has 0 unspecified atom stereocenters. The van der Waals surface area contributed by atoms with Gasteiger partial charge in [-0.25, -0.2) is 9.37 Å². The van der Waals surface area contributed by atoms with E-state index in [2.05, 4.69) is 25.8 Å². The smallest absolute Gasteiger partial charge is 0.213 e. The quantitative estimate of drug-likeness (QED) is 0.782. The van der Waals surface area contributed by atoms with Gasteiger partial charge in [-0.1, -0.05) is 0 Å². The lowest BCUT2D eigenvalue weighted by molar-refractivity contribution is 0.244. The van der Waals surface area contributed by atoms with Gasteiger partial charge >= 0.3 is 0 Å². The van der Waals surface area contributed by atoms with Crippen LogP contribution in [0.25, 0.3) is 0 Å². The van der Waals surface area contributed by atoms with Crippen molar-refractivity contribution in [1.82, 2.24) is 9.88 Å². The highest BCUT2D eigenvalue weighted by Gasteiger charge is 2.20. The molecular formula is C12H16BrFN2O. The average Bonchev–Trinajstić information content (AvgIpc) is 2.73. The van der Waals surface area contributed by atoms with Crippen molar-refractivity contribution < 1.29 is 9.13 Å². The predicted molar refractivity (Wildman–Crippen MR) is 68.0 cm³/mol. The van der Waals surface area contributed by atoms with Crippen LogP contribution in [0.1, 0.15) is 12.8 Å². The average molecular weight is 303 g/mol. The molecule has 2 rings (SSSR count). The topological polar surface area (TPSA) is 25.4 Å². The van der Waals surface area contributed by atoms with Crippen LogP contribution in [0.15, 0.2) is 22.8 Å².